The second-order valence-corrected chi connectivity index (χ2v) is 9.09. The number of hydrogen-bond donors (Lipinski definition) is 1. The Balaban J connectivity index is 1.71. The predicted molar refractivity (Wildman–Crippen MR) is 133 cm³/mol. The number of allylic oxidation sites excluding steroid dienone is 1. The summed E-state index contributed by atoms with van der Waals surface area (Å²) in [7, 11) is -2.94. The van der Waals surface area contributed by atoms with Crippen molar-refractivity contribution in [3.8, 4) is 29.3 Å². The number of nitrogens with two attached hydrogens (primary N) is 1. The normalized spacial score (nSPS) is 11.4. The maximum atomic E-state index is 13.2. The second kappa shape index (κ2) is 10.2. The van der Waals surface area contributed by atoms with Gasteiger partial charge in [0, 0.05) is 0 Å². The summed E-state index contributed by atoms with van der Waals surface area (Å²) in [6.45, 7) is 0. The number of ether oxygens (including phenoxy) is 1. The first-order chi connectivity index (χ1) is 17.8. The van der Waals surface area contributed by atoms with Gasteiger partial charge in [0.2, 0.25) is 0 Å². The van der Waals surface area contributed by atoms with Crippen LogP contribution in [0.3, 0.4) is 0 Å². The van der Waals surface area contributed by atoms with Gasteiger partial charge in [-0.3, -0.25) is 0 Å². The van der Waals surface area contributed by atoms with Gasteiger partial charge in [-0.05, 0) is 60.2 Å². The largest absolute Gasteiger partial charge is 0.493 e. The molecule has 4 rings (SSSR count). The molecule has 0 aliphatic heterocycles. The molecule has 0 unspecified atom stereocenters. The van der Waals surface area contributed by atoms with E-state index in [-0.39, 0.29) is 39.0 Å². The van der Waals surface area contributed by atoms with Crippen molar-refractivity contribution >= 4 is 27.6 Å². The van der Waals surface area contributed by atoms with Crippen LogP contribution in [0.2, 0.25) is 0 Å². The molecule has 0 atom stereocenters. The van der Waals surface area contributed by atoms with Gasteiger partial charge in [-0.1, -0.05) is 24.3 Å². The Bertz CT molecular complexity index is 1680. The fourth-order valence-electron chi connectivity index (χ4n) is 3.43. The van der Waals surface area contributed by atoms with Crippen molar-refractivity contribution in [1.29, 1.82) is 10.5 Å². The molecule has 184 valence electrons. The topological polar surface area (TPSA) is 144 Å². The molecule has 37 heavy (non-hydrogen) atoms. The van der Waals surface area contributed by atoms with Crippen LogP contribution in [0.5, 0.6) is 11.5 Å². The van der Waals surface area contributed by atoms with E-state index >= 15 is 0 Å². The molecule has 0 amide bonds. The average Bonchev–Trinajstić information content (AvgIpc) is 3.24. The quantitative estimate of drug-likeness (QED) is 0.283. The van der Waals surface area contributed by atoms with E-state index in [0.717, 1.165) is 24.3 Å². The number of aromatic nitrogens is 2. The Morgan fingerprint density at radius 1 is 1.05 bits per heavy atom. The molecule has 1 aromatic heterocycles. The van der Waals surface area contributed by atoms with Crippen LogP contribution in [0.4, 0.5) is 10.2 Å². The number of rotatable bonds is 7. The lowest BCUT2D eigenvalue weighted by Gasteiger charge is -2.11. The van der Waals surface area contributed by atoms with Gasteiger partial charge in [-0.15, -0.1) is 0 Å². The van der Waals surface area contributed by atoms with Crippen LogP contribution in [0.1, 0.15) is 16.8 Å². The molecule has 0 aliphatic carbocycles. The monoisotopic (exact) mass is 515 g/mol. The first-order valence-electron chi connectivity index (χ1n) is 10.6. The van der Waals surface area contributed by atoms with Gasteiger partial charge in [-0.25, -0.2) is 9.07 Å². The highest BCUT2D eigenvalue weighted by Crippen LogP contribution is 2.33. The maximum absolute atomic E-state index is 13.2. The zero-order valence-corrected chi connectivity index (χ0v) is 20.1. The van der Waals surface area contributed by atoms with Gasteiger partial charge in [0.15, 0.2) is 11.5 Å². The molecule has 0 radical (unpaired) electrons. The van der Waals surface area contributed by atoms with E-state index in [2.05, 4.69) is 5.10 Å². The van der Waals surface area contributed by atoms with Gasteiger partial charge in [0.1, 0.15) is 39.9 Å². The summed E-state index contributed by atoms with van der Waals surface area (Å²) in [5, 5.41) is 23.9. The molecule has 11 heteroatoms. The minimum Gasteiger partial charge on any atom is -0.493 e. The smallest absolute Gasteiger partial charge is 0.339 e. The van der Waals surface area contributed by atoms with E-state index in [1.54, 1.807) is 24.3 Å². The Labute approximate surface area is 212 Å². The molecule has 9 nitrogen and oxygen atoms in total. The van der Waals surface area contributed by atoms with E-state index in [4.69, 9.17) is 14.7 Å². The second-order valence-electron chi connectivity index (χ2n) is 7.54. The fraction of sp³-hybridized carbons (Fsp3) is 0.0385. The van der Waals surface area contributed by atoms with Gasteiger partial charge in [0.05, 0.1) is 18.4 Å². The average molecular weight is 516 g/mol. The van der Waals surface area contributed by atoms with Crippen LogP contribution < -0.4 is 14.7 Å². The van der Waals surface area contributed by atoms with Crippen molar-refractivity contribution in [2.45, 2.75) is 4.90 Å². The number of benzene rings is 3. The minimum absolute atomic E-state index is 0.0361. The number of nitrogen functional groups attached to an aromatic ring is 1. The number of nitrogens with zero attached hydrogens (tertiary/aromatic N) is 4. The Hall–Kier alpha value is -5.13. The lowest BCUT2D eigenvalue weighted by molar-refractivity contribution is 0.390. The lowest BCUT2D eigenvalue weighted by Crippen LogP contribution is -2.10. The molecule has 0 spiro atoms. The van der Waals surface area contributed by atoms with Crippen molar-refractivity contribution in [3.05, 3.63) is 95.4 Å². The van der Waals surface area contributed by atoms with Crippen LogP contribution in [0.25, 0.3) is 17.3 Å². The molecular formula is C26H18FN5O4S. The van der Waals surface area contributed by atoms with Crippen molar-refractivity contribution in [1.82, 2.24) is 9.78 Å². The Morgan fingerprint density at radius 2 is 1.76 bits per heavy atom. The standard InChI is InChI=1S/C26H18FN5O4S/c1-35-24-14-17(7-12-23(24)36-37(33,34)21-10-8-19(27)9-11-21)13-18(15-28)25-22(16-29)26(30)32(31-25)20-5-3-2-4-6-20/h2-14H,30H2,1H3. The third kappa shape index (κ3) is 5.12. The summed E-state index contributed by atoms with van der Waals surface area (Å²) >= 11 is 0. The molecule has 0 bridgehead atoms. The summed E-state index contributed by atoms with van der Waals surface area (Å²) in [5.41, 5.74) is 7.37. The van der Waals surface area contributed by atoms with E-state index in [1.165, 1.54) is 36.1 Å². The molecule has 4 aromatic rings. The first-order valence-corrected chi connectivity index (χ1v) is 12.0. The summed E-state index contributed by atoms with van der Waals surface area (Å²) < 4.78 is 50.2. The number of hydrogen-bond acceptors (Lipinski definition) is 8. The van der Waals surface area contributed by atoms with Gasteiger partial charge in [-0.2, -0.15) is 24.0 Å². The number of halogens is 1. The highest BCUT2D eigenvalue weighted by atomic mass is 32.2. The number of anilines is 1. The number of methoxy groups -OCH3 is 1. The predicted octanol–water partition coefficient (Wildman–Crippen LogP) is 4.31. The SMILES string of the molecule is COc1cc(C=C(C#N)c2nn(-c3ccccc3)c(N)c2C#N)ccc1OS(=O)(=O)c1ccc(F)cc1. The Kier molecular flexibility index (Phi) is 6.91. The minimum atomic E-state index is -4.26. The summed E-state index contributed by atoms with van der Waals surface area (Å²) in [5.74, 6) is -0.558. The molecule has 1 heterocycles. The molecular weight excluding hydrogens is 497 g/mol. The van der Waals surface area contributed by atoms with E-state index < -0.39 is 15.9 Å². The number of nitriles is 2. The molecule has 0 saturated carbocycles. The zero-order chi connectivity index (χ0) is 26.6. The van der Waals surface area contributed by atoms with Crippen LogP contribution in [0.15, 0.2) is 77.7 Å². The van der Waals surface area contributed by atoms with E-state index in [9.17, 15) is 23.3 Å². The number of para-hydroxylation sites is 1. The van der Waals surface area contributed by atoms with Gasteiger partial charge >= 0.3 is 10.1 Å². The Morgan fingerprint density at radius 3 is 2.38 bits per heavy atom. The third-order valence-corrected chi connectivity index (χ3v) is 6.46. The first kappa shape index (κ1) is 25.0. The van der Waals surface area contributed by atoms with Crippen LogP contribution in [-0.2, 0) is 10.1 Å². The fourth-order valence-corrected chi connectivity index (χ4v) is 4.37. The zero-order valence-electron chi connectivity index (χ0n) is 19.3. The van der Waals surface area contributed by atoms with Gasteiger partial charge in [0.25, 0.3) is 0 Å². The summed E-state index contributed by atoms with van der Waals surface area (Å²) in [4.78, 5) is -0.234. The summed E-state index contributed by atoms with van der Waals surface area (Å²) in [6.07, 6.45) is 1.46. The van der Waals surface area contributed by atoms with Crippen molar-refractivity contribution < 1.29 is 21.7 Å². The van der Waals surface area contributed by atoms with Gasteiger partial charge < -0.3 is 14.7 Å². The molecule has 0 saturated heterocycles. The van der Waals surface area contributed by atoms with Crippen molar-refractivity contribution in [2.24, 2.45) is 0 Å². The van der Waals surface area contributed by atoms with E-state index in [0.29, 0.717) is 11.3 Å². The van der Waals surface area contributed by atoms with Crippen LogP contribution >= 0.6 is 0 Å². The molecule has 0 aliphatic rings. The van der Waals surface area contributed by atoms with Crippen LogP contribution in [0, 0.1) is 28.5 Å². The molecule has 0 fully saturated rings. The van der Waals surface area contributed by atoms with Crippen molar-refractivity contribution in [3.63, 3.8) is 0 Å². The van der Waals surface area contributed by atoms with Crippen LogP contribution in [-0.4, -0.2) is 25.3 Å². The molecule has 3 aromatic carbocycles. The highest BCUT2D eigenvalue weighted by Gasteiger charge is 2.22. The third-order valence-electron chi connectivity index (χ3n) is 5.21. The summed E-state index contributed by atoms with van der Waals surface area (Å²) in [6, 6.07) is 21.4. The van der Waals surface area contributed by atoms with Crippen molar-refractivity contribution in [2.75, 3.05) is 12.8 Å². The lowest BCUT2D eigenvalue weighted by atomic mass is 10.1. The molecule has 2 N–H and O–H groups in total. The maximum Gasteiger partial charge on any atom is 0.339 e. The highest BCUT2D eigenvalue weighted by molar-refractivity contribution is 7.87. The van der Waals surface area contributed by atoms with E-state index in [1.807, 2.05) is 18.2 Å².